The van der Waals surface area contributed by atoms with Gasteiger partial charge in [-0.3, -0.25) is 9.59 Å². The van der Waals surface area contributed by atoms with Crippen LogP contribution >= 0.6 is 0 Å². The molecule has 2 amide bonds. The molecule has 7 nitrogen and oxygen atoms in total. The van der Waals surface area contributed by atoms with E-state index in [1.54, 1.807) is 32.4 Å². The van der Waals surface area contributed by atoms with Gasteiger partial charge >= 0.3 is 0 Å². The third-order valence-corrected chi connectivity index (χ3v) is 3.75. The predicted octanol–water partition coefficient (Wildman–Crippen LogP) is 2.25. The number of rotatable bonds is 9. The third kappa shape index (κ3) is 6.81. The van der Waals surface area contributed by atoms with Crippen LogP contribution < -0.4 is 20.2 Å². The number of methoxy groups -OCH3 is 2. The number of amides is 2. The zero-order chi connectivity index (χ0) is 19.5. The summed E-state index contributed by atoms with van der Waals surface area (Å²) in [7, 11) is 3.11. The molecule has 0 radical (unpaired) electrons. The van der Waals surface area contributed by atoms with Crippen LogP contribution in [0.2, 0.25) is 0 Å². The van der Waals surface area contributed by atoms with Crippen molar-refractivity contribution in [2.45, 2.75) is 19.4 Å². The molecular formula is C20H23N3O4. The fourth-order valence-corrected chi connectivity index (χ4v) is 2.27. The smallest absolute Gasteiger partial charge is 0.240 e. The van der Waals surface area contributed by atoms with Gasteiger partial charge in [0.25, 0.3) is 0 Å². The first kappa shape index (κ1) is 20.0. The molecule has 2 N–H and O–H groups in total. The van der Waals surface area contributed by atoms with Gasteiger partial charge in [-0.1, -0.05) is 30.3 Å². The van der Waals surface area contributed by atoms with Gasteiger partial charge in [0.05, 0.1) is 20.4 Å². The van der Waals surface area contributed by atoms with Crippen LogP contribution in [-0.4, -0.2) is 32.2 Å². The summed E-state index contributed by atoms with van der Waals surface area (Å²) < 4.78 is 10.4. The van der Waals surface area contributed by atoms with Crippen molar-refractivity contribution >= 4 is 18.0 Å². The lowest BCUT2D eigenvalue weighted by molar-refractivity contribution is -0.126. The van der Waals surface area contributed by atoms with E-state index < -0.39 is 0 Å². The van der Waals surface area contributed by atoms with Gasteiger partial charge in [0.2, 0.25) is 11.8 Å². The minimum Gasteiger partial charge on any atom is -0.497 e. The van der Waals surface area contributed by atoms with Gasteiger partial charge in [0.15, 0.2) is 0 Å². The van der Waals surface area contributed by atoms with Gasteiger partial charge in [-0.05, 0) is 17.7 Å². The molecule has 0 aliphatic carbocycles. The number of benzene rings is 2. The van der Waals surface area contributed by atoms with Crippen LogP contribution in [0, 0.1) is 0 Å². The summed E-state index contributed by atoms with van der Waals surface area (Å²) in [5.74, 6) is 0.714. The largest absolute Gasteiger partial charge is 0.497 e. The standard InChI is InChI=1S/C20H23N3O4/c1-26-17-9-8-16(18(12-17)27-2)14-22-23-20(25)11-10-19(24)21-13-15-6-4-3-5-7-15/h3-9,12,14H,10-11,13H2,1-2H3,(H,21,24)(H,23,25)/b22-14+. The summed E-state index contributed by atoms with van der Waals surface area (Å²) in [4.78, 5) is 23.6. The van der Waals surface area contributed by atoms with E-state index in [0.29, 0.717) is 23.6 Å². The summed E-state index contributed by atoms with van der Waals surface area (Å²) in [5.41, 5.74) is 4.11. The first-order valence-corrected chi connectivity index (χ1v) is 8.47. The molecule has 2 aromatic rings. The molecule has 2 aromatic carbocycles. The van der Waals surface area contributed by atoms with Gasteiger partial charge in [-0.15, -0.1) is 0 Å². The Morgan fingerprint density at radius 2 is 1.74 bits per heavy atom. The molecule has 0 atom stereocenters. The lowest BCUT2D eigenvalue weighted by atomic mass is 10.2. The minimum absolute atomic E-state index is 0.0533. The van der Waals surface area contributed by atoms with E-state index in [2.05, 4.69) is 15.8 Å². The van der Waals surface area contributed by atoms with Crippen LogP contribution in [0.3, 0.4) is 0 Å². The fourth-order valence-electron chi connectivity index (χ4n) is 2.27. The van der Waals surface area contributed by atoms with Crippen molar-refractivity contribution in [3.8, 4) is 11.5 Å². The molecule has 2 rings (SSSR count). The Bertz CT molecular complexity index is 791. The second kappa shape index (κ2) is 10.6. The predicted molar refractivity (Wildman–Crippen MR) is 103 cm³/mol. The fraction of sp³-hybridized carbons (Fsp3) is 0.250. The molecule has 0 aliphatic rings. The molecule has 0 heterocycles. The maximum Gasteiger partial charge on any atom is 0.240 e. The number of hydrazone groups is 1. The minimum atomic E-state index is -0.339. The quantitative estimate of drug-likeness (QED) is 0.524. The second-order valence-electron chi connectivity index (χ2n) is 5.66. The van der Waals surface area contributed by atoms with Crippen molar-refractivity contribution in [1.82, 2.24) is 10.7 Å². The van der Waals surface area contributed by atoms with Gasteiger partial charge in [-0.25, -0.2) is 5.43 Å². The van der Waals surface area contributed by atoms with Crippen molar-refractivity contribution < 1.29 is 19.1 Å². The number of nitrogens with zero attached hydrogens (tertiary/aromatic N) is 1. The van der Waals surface area contributed by atoms with E-state index >= 15 is 0 Å². The average Bonchev–Trinajstić information content (AvgIpc) is 2.71. The lowest BCUT2D eigenvalue weighted by Crippen LogP contribution is -2.25. The maximum atomic E-state index is 11.8. The van der Waals surface area contributed by atoms with Gasteiger partial charge < -0.3 is 14.8 Å². The number of hydrogen-bond donors (Lipinski definition) is 2. The Balaban J connectivity index is 1.74. The van der Waals surface area contributed by atoms with Crippen LogP contribution in [0.5, 0.6) is 11.5 Å². The van der Waals surface area contributed by atoms with Crippen LogP contribution in [0.4, 0.5) is 0 Å². The van der Waals surface area contributed by atoms with E-state index in [1.165, 1.54) is 6.21 Å². The van der Waals surface area contributed by atoms with Crippen molar-refractivity contribution in [1.29, 1.82) is 0 Å². The molecule has 0 spiro atoms. The highest BCUT2D eigenvalue weighted by Gasteiger charge is 2.07. The van der Waals surface area contributed by atoms with Crippen molar-refractivity contribution in [2.75, 3.05) is 14.2 Å². The molecule has 0 saturated heterocycles. The highest BCUT2D eigenvalue weighted by atomic mass is 16.5. The normalized spacial score (nSPS) is 10.4. The van der Waals surface area contributed by atoms with Crippen LogP contribution in [0.1, 0.15) is 24.0 Å². The van der Waals surface area contributed by atoms with Gasteiger partial charge in [0, 0.05) is 31.0 Å². The van der Waals surface area contributed by atoms with Crippen LogP contribution in [-0.2, 0) is 16.1 Å². The first-order chi connectivity index (χ1) is 13.1. The Kier molecular flexibility index (Phi) is 7.84. The molecule has 27 heavy (non-hydrogen) atoms. The maximum absolute atomic E-state index is 11.8. The Hall–Kier alpha value is -3.35. The van der Waals surface area contributed by atoms with E-state index in [4.69, 9.17) is 9.47 Å². The number of hydrogen-bond acceptors (Lipinski definition) is 5. The number of carbonyl (C=O) groups excluding carboxylic acids is 2. The number of ether oxygens (including phenoxy) is 2. The van der Waals surface area contributed by atoms with Crippen LogP contribution in [0.15, 0.2) is 53.6 Å². The molecule has 0 fully saturated rings. The highest BCUT2D eigenvalue weighted by Crippen LogP contribution is 2.22. The molecule has 0 aromatic heterocycles. The summed E-state index contributed by atoms with van der Waals surface area (Å²) in [6.45, 7) is 0.441. The summed E-state index contributed by atoms with van der Waals surface area (Å²) in [5, 5.41) is 6.68. The molecular weight excluding hydrogens is 346 g/mol. The molecule has 142 valence electrons. The van der Waals surface area contributed by atoms with Crippen molar-refractivity contribution in [2.24, 2.45) is 5.10 Å². The molecule has 0 aliphatic heterocycles. The van der Waals surface area contributed by atoms with Crippen molar-refractivity contribution in [3.63, 3.8) is 0 Å². The molecule has 0 saturated carbocycles. The second-order valence-corrected chi connectivity index (χ2v) is 5.66. The summed E-state index contributed by atoms with van der Waals surface area (Å²) >= 11 is 0. The lowest BCUT2D eigenvalue weighted by Gasteiger charge is -2.07. The van der Waals surface area contributed by atoms with E-state index in [9.17, 15) is 9.59 Å². The van der Waals surface area contributed by atoms with E-state index in [-0.39, 0.29) is 24.7 Å². The third-order valence-electron chi connectivity index (χ3n) is 3.75. The Morgan fingerprint density at radius 3 is 2.44 bits per heavy atom. The molecule has 0 unspecified atom stereocenters. The SMILES string of the molecule is COc1ccc(/C=N/NC(=O)CCC(=O)NCc2ccccc2)c(OC)c1. The summed E-state index contributed by atoms with van der Waals surface area (Å²) in [6, 6.07) is 14.8. The highest BCUT2D eigenvalue weighted by molar-refractivity contribution is 5.87. The number of carbonyl (C=O) groups is 2. The zero-order valence-corrected chi connectivity index (χ0v) is 15.4. The average molecular weight is 369 g/mol. The van der Waals surface area contributed by atoms with Crippen molar-refractivity contribution in [3.05, 3.63) is 59.7 Å². The Morgan fingerprint density at radius 1 is 1.00 bits per heavy atom. The summed E-state index contributed by atoms with van der Waals surface area (Å²) in [6.07, 6.45) is 1.63. The zero-order valence-electron chi connectivity index (χ0n) is 15.4. The molecule has 0 bridgehead atoms. The van der Waals surface area contributed by atoms with Gasteiger partial charge in [-0.2, -0.15) is 5.10 Å². The Labute approximate surface area is 158 Å². The van der Waals surface area contributed by atoms with Crippen LogP contribution in [0.25, 0.3) is 0 Å². The number of nitrogens with one attached hydrogen (secondary N) is 2. The van der Waals surface area contributed by atoms with E-state index in [0.717, 1.165) is 5.56 Å². The van der Waals surface area contributed by atoms with Gasteiger partial charge in [0.1, 0.15) is 11.5 Å². The topological polar surface area (TPSA) is 89.0 Å². The first-order valence-electron chi connectivity index (χ1n) is 8.47. The van der Waals surface area contributed by atoms with E-state index in [1.807, 2.05) is 30.3 Å². The monoisotopic (exact) mass is 369 g/mol. The molecule has 7 heteroatoms.